The van der Waals surface area contributed by atoms with Gasteiger partial charge in [-0.15, -0.1) is 0 Å². The van der Waals surface area contributed by atoms with E-state index in [4.69, 9.17) is 0 Å². The van der Waals surface area contributed by atoms with Gasteiger partial charge in [-0.3, -0.25) is 4.90 Å². The monoisotopic (exact) mass is 332 g/mol. The van der Waals surface area contributed by atoms with Crippen LogP contribution in [0, 0.1) is 17.6 Å². The molecule has 0 amide bonds. The Labute approximate surface area is 130 Å². The van der Waals surface area contributed by atoms with Crippen LogP contribution in [0.25, 0.3) is 0 Å². The highest BCUT2D eigenvalue weighted by Gasteiger charge is 2.23. The summed E-state index contributed by atoms with van der Waals surface area (Å²) in [7, 11) is -3.83. The first kappa shape index (κ1) is 17.3. The highest BCUT2D eigenvalue weighted by Crippen LogP contribution is 2.18. The molecule has 1 saturated heterocycles. The molecule has 1 aliphatic rings. The van der Waals surface area contributed by atoms with Crippen molar-refractivity contribution < 1.29 is 17.2 Å². The number of halogens is 2. The molecule has 0 unspecified atom stereocenters. The van der Waals surface area contributed by atoms with Crippen molar-refractivity contribution in [3.05, 3.63) is 29.8 Å². The maximum atomic E-state index is 13.2. The second-order valence-electron chi connectivity index (χ2n) is 6.02. The third-order valence-electron chi connectivity index (χ3n) is 4.08. The Hall–Kier alpha value is -1.05. The van der Waals surface area contributed by atoms with E-state index in [0.29, 0.717) is 12.0 Å². The molecule has 0 spiro atoms. The van der Waals surface area contributed by atoms with Crippen LogP contribution in [0.3, 0.4) is 0 Å². The molecule has 1 aromatic carbocycles. The minimum absolute atomic E-state index is 0.0582. The second kappa shape index (κ2) is 7.02. The molecule has 2 atom stereocenters. The number of nitrogens with zero attached hydrogens (tertiary/aromatic N) is 1. The molecule has 1 N–H and O–H groups in total. The molecular weight excluding hydrogens is 310 g/mol. The lowest BCUT2D eigenvalue weighted by Gasteiger charge is -2.35. The zero-order valence-corrected chi connectivity index (χ0v) is 13.7. The minimum Gasteiger partial charge on any atom is -0.299 e. The number of nitrogens with one attached hydrogen (secondary N) is 1. The number of likely N-dealkylation sites (tertiary alicyclic amines) is 1. The summed E-state index contributed by atoms with van der Waals surface area (Å²) in [5, 5.41) is 0. The fourth-order valence-electron chi connectivity index (χ4n) is 2.71. The van der Waals surface area contributed by atoms with Gasteiger partial charge in [0.1, 0.15) is 0 Å². The van der Waals surface area contributed by atoms with Gasteiger partial charge in [-0.25, -0.2) is 21.9 Å². The first-order valence-electron chi connectivity index (χ1n) is 7.48. The molecule has 0 bridgehead atoms. The Morgan fingerprint density at radius 2 is 2.09 bits per heavy atom. The average Bonchev–Trinajstić information content (AvgIpc) is 2.47. The molecule has 0 aromatic heterocycles. The molecular formula is C15H22F2N2O2S. The minimum atomic E-state index is -3.83. The lowest BCUT2D eigenvalue weighted by atomic mass is 9.99. The molecule has 1 aromatic rings. The summed E-state index contributed by atoms with van der Waals surface area (Å²) >= 11 is 0. The number of piperidine rings is 1. The molecule has 0 radical (unpaired) electrons. The van der Waals surface area contributed by atoms with Gasteiger partial charge in [0.2, 0.25) is 10.0 Å². The largest absolute Gasteiger partial charge is 0.299 e. The zero-order valence-electron chi connectivity index (χ0n) is 12.9. The quantitative estimate of drug-likeness (QED) is 0.900. The van der Waals surface area contributed by atoms with Crippen molar-refractivity contribution >= 4 is 10.0 Å². The maximum absolute atomic E-state index is 13.2. The standard InChI is InChI=1S/C15H22F2N2O2S/c1-11-4-3-7-19(10-11)12(2)9-18-22(20,21)13-5-6-14(16)15(17)8-13/h5-6,8,11-12,18H,3-4,7,9-10H2,1-2H3/t11-,12+/m1/s1. The fourth-order valence-corrected chi connectivity index (χ4v) is 3.85. The van der Waals surface area contributed by atoms with Crippen molar-refractivity contribution in [1.29, 1.82) is 0 Å². The van der Waals surface area contributed by atoms with Gasteiger partial charge >= 0.3 is 0 Å². The van der Waals surface area contributed by atoms with E-state index in [-0.39, 0.29) is 17.5 Å². The summed E-state index contributed by atoms with van der Waals surface area (Å²) in [6, 6.07) is 2.64. The van der Waals surface area contributed by atoms with Crippen LogP contribution in [0.15, 0.2) is 23.1 Å². The summed E-state index contributed by atoms with van der Waals surface area (Å²) < 4.78 is 52.8. The van der Waals surface area contributed by atoms with Crippen LogP contribution in [-0.2, 0) is 10.0 Å². The predicted molar refractivity (Wildman–Crippen MR) is 81.0 cm³/mol. The summed E-state index contributed by atoms with van der Waals surface area (Å²) in [6.45, 7) is 6.30. The van der Waals surface area contributed by atoms with E-state index in [1.54, 1.807) is 0 Å². The van der Waals surface area contributed by atoms with Crippen molar-refractivity contribution in [3.63, 3.8) is 0 Å². The molecule has 1 heterocycles. The molecule has 2 rings (SSSR count). The molecule has 7 heteroatoms. The Morgan fingerprint density at radius 3 is 2.73 bits per heavy atom. The van der Waals surface area contributed by atoms with E-state index < -0.39 is 21.7 Å². The van der Waals surface area contributed by atoms with E-state index in [1.807, 2.05) is 6.92 Å². The zero-order chi connectivity index (χ0) is 16.3. The van der Waals surface area contributed by atoms with E-state index in [0.717, 1.165) is 31.6 Å². The van der Waals surface area contributed by atoms with Crippen molar-refractivity contribution in [2.24, 2.45) is 5.92 Å². The van der Waals surface area contributed by atoms with Gasteiger partial charge in [-0.1, -0.05) is 6.92 Å². The van der Waals surface area contributed by atoms with Gasteiger partial charge in [-0.05, 0) is 50.4 Å². The van der Waals surface area contributed by atoms with Crippen molar-refractivity contribution in [2.45, 2.75) is 37.6 Å². The van der Waals surface area contributed by atoms with Crippen LogP contribution in [-0.4, -0.2) is 39.0 Å². The lowest BCUT2D eigenvalue weighted by Crippen LogP contribution is -2.46. The van der Waals surface area contributed by atoms with Crippen LogP contribution in [0.5, 0.6) is 0 Å². The maximum Gasteiger partial charge on any atom is 0.240 e. The Bertz CT molecular complexity index is 622. The molecule has 4 nitrogen and oxygen atoms in total. The van der Waals surface area contributed by atoms with Crippen LogP contribution < -0.4 is 4.72 Å². The SMILES string of the molecule is C[C@@H]1CCCN([C@@H](C)CNS(=O)(=O)c2ccc(F)c(F)c2)C1. The van der Waals surface area contributed by atoms with Crippen LogP contribution >= 0.6 is 0 Å². The Morgan fingerprint density at radius 1 is 1.36 bits per heavy atom. The number of benzene rings is 1. The number of rotatable bonds is 5. The first-order chi connectivity index (χ1) is 10.3. The molecule has 1 fully saturated rings. The fraction of sp³-hybridized carbons (Fsp3) is 0.600. The number of sulfonamides is 1. The molecule has 22 heavy (non-hydrogen) atoms. The topological polar surface area (TPSA) is 49.4 Å². The average molecular weight is 332 g/mol. The predicted octanol–water partition coefficient (Wildman–Crippen LogP) is 2.36. The van der Waals surface area contributed by atoms with Crippen molar-refractivity contribution in [1.82, 2.24) is 9.62 Å². The van der Waals surface area contributed by atoms with Gasteiger partial charge in [0.05, 0.1) is 4.90 Å². The first-order valence-corrected chi connectivity index (χ1v) is 8.96. The summed E-state index contributed by atoms with van der Waals surface area (Å²) in [5.74, 6) is -1.62. The van der Waals surface area contributed by atoms with Crippen LogP contribution in [0.1, 0.15) is 26.7 Å². The number of hydrogen-bond donors (Lipinski definition) is 1. The smallest absolute Gasteiger partial charge is 0.240 e. The highest BCUT2D eigenvalue weighted by molar-refractivity contribution is 7.89. The lowest BCUT2D eigenvalue weighted by molar-refractivity contribution is 0.140. The van der Waals surface area contributed by atoms with Crippen LogP contribution in [0.2, 0.25) is 0 Å². The van der Waals surface area contributed by atoms with E-state index in [9.17, 15) is 17.2 Å². The normalized spacial score (nSPS) is 21.7. The summed E-state index contributed by atoms with van der Waals surface area (Å²) in [5.41, 5.74) is 0. The summed E-state index contributed by atoms with van der Waals surface area (Å²) in [4.78, 5) is 1.99. The molecule has 1 aliphatic heterocycles. The third kappa shape index (κ3) is 4.24. The van der Waals surface area contributed by atoms with E-state index in [2.05, 4.69) is 16.5 Å². The summed E-state index contributed by atoms with van der Waals surface area (Å²) in [6.07, 6.45) is 2.31. The third-order valence-corrected chi connectivity index (χ3v) is 5.50. The van der Waals surface area contributed by atoms with Crippen molar-refractivity contribution in [2.75, 3.05) is 19.6 Å². The van der Waals surface area contributed by atoms with Crippen molar-refractivity contribution in [3.8, 4) is 0 Å². The second-order valence-corrected chi connectivity index (χ2v) is 7.79. The van der Waals surface area contributed by atoms with E-state index >= 15 is 0 Å². The van der Waals surface area contributed by atoms with Gasteiger partial charge < -0.3 is 0 Å². The van der Waals surface area contributed by atoms with Gasteiger partial charge in [0.25, 0.3) is 0 Å². The molecule has 0 aliphatic carbocycles. The Kier molecular flexibility index (Phi) is 5.52. The number of hydrogen-bond acceptors (Lipinski definition) is 3. The molecule has 0 saturated carbocycles. The van der Waals surface area contributed by atoms with Gasteiger partial charge in [-0.2, -0.15) is 0 Å². The Balaban J connectivity index is 1.98. The van der Waals surface area contributed by atoms with E-state index in [1.165, 1.54) is 6.42 Å². The van der Waals surface area contributed by atoms with Gasteiger partial charge in [0, 0.05) is 19.1 Å². The van der Waals surface area contributed by atoms with Gasteiger partial charge in [0.15, 0.2) is 11.6 Å². The molecule has 124 valence electrons. The highest BCUT2D eigenvalue weighted by atomic mass is 32.2. The van der Waals surface area contributed by atoms with Crippen LogP contribution in [0.4, 0.5) is 8.78 Å².